The summed E-state index contributed by atoms with van der Waals surface area (Å²) in [4.78, 5) is 32.5. The lowest BCUT2D eigenvalue weighted by Crippen LogP contribution is -2.18. The standard InChI is InChI=1S/C12H9Cl2N5O2/c13-6-1-5(2-7(14)3-6)4-19-9-8(16-12(19)21)10(20)18-11(15)17-9/h1-3H,4H2,(H,16,21)(H3,15,17,18,20). The fourth-order valence-electron chi connectivity index (χ4n) is 2.09. The predicted molar refractivity (Wildman–Crippen MR) is 81.0 cm³/mol. The quantitative estimate of drug-likeness (QED) is 0.660. The minimum absolute atomic E-state index is 0.0654. The van der Waals surface area contributed by atoms with Gasteiger partial charge in [-0.05, 0) is 23.8 Å². The normalized spacial score (nSPS) is 11.1. The maximum atomic E-state index is 12.0. The molecule has 0 radical (unpaired) electrons. The van der Waals surface area contributed by atoms with Crippen LogP contribution in [-0.4, -0.2) is 19.5 Å². The summed E-state index contributed by atoms with van der Waals surface area (Å²) < 4.78 is 1.29. The number of halogens is 2. The van der Waals surface area contributed by atoms with Gasteiger partial charge in [-0.1, -0.05) is 23.2 Å². The summed E-state index contributed by atoms with van der Waals surface area (Å²) in [7, 11) is 0. The van der Waals surface area contributed by atoms with Crippen molar-refractivity contribution in [2.75, 3.05) is 5.73 Å². The van der Waals surface area contributed by atoms with E-state index in [1.807, 2.05) is 0 Å². The van der Waals surface area contributed by atoms with E-state index in [-0.39, 0.29) is 23.7 Å². The van der Waals surface area contributed by atoms with Crippen molar-refractivity contribution in [3.63, 3.8) is 0 Å². The van der Waals surface area contributed by atoms with Gasteiger partial charge in [-0.15, -0.1) is 0 Å². The van der Waals surface area contributed by atoms with E-state index < -0.39 is 11.2 Å². The first-order valence-corrected chi connectivity index (χ1v) is 6.63. The number of aromatic nitrogens is 4. The lowest BCUT2D eigenvalue weighted by Gasteiger charge is -2.05. The van der Waals surface area contributed by atoms with E-state index in [2.05, 4.69) is 15.0 Å². The van der Waals surface area contributed by atoms with Gasteiger partial charge in [0, 0.05) is 10.0 Å². The van der Waals surface area contributed by atoms with E-state index >= 15 is 0 Å². The number of nitrogen functional groups attached to an aromatic ring is 1. The highest BCUT2D eigenvalue weighted by atomic mass is 35.5. The zero-order valence-electron chi connectivity index (χ0n) is 10.5. The number of imidazole rings is 1. The van der Waals surface area contributed by atoms with Crippen molar-refractivity contribution in [1.82, 2.24) is 19.5 Å². The Morgan fingerprint density at radius 3 is 2.48 bits per heavy atom. The second-order valence-electron chi connectivity index (χ2n) is 4.44. The molecule has 0 amide bonds. The van der Waals surface area contributed by atoms with Crippen LogP contribution in [0.5, 0.6) is 0 Å². The van der Waals surface area contributed by atoms with Crippen LogP contribution >= 0.6 is 23.2 Å². The van der Waals surface area contributed by atoms with Crippen LogP contribution < -0.4 is 17.0 Å². The first-order valence-electron chi connectivity index (χ1n) is 5.87. The number of anilines is 1. The van der Waals surface area contributed by atoms with Crippen molar-refractivity contribution in [1.29, 1.82) is 0 Å². The molecule has 0 atom stereocenters. The maximum Gasteiger partial charge on any atom is 0.328 e. The number of nitrogens with two attached hydrogens (primary N) is 1. The van der Waals surface area contributed by atoms with E-state index in [0.717, 1.165) is 0 Å². The molecular weight excluding hydrogens is 317 g/mol. The molecule has 108 valence electrons. The molecule has 0 aliphatic rings. The molecule has 3 aromatic rings. The summed E-state index contributed by atoms with van der Waals surface area (Å²) in [5.74, 6) is -0.0654. The van der Waals surface area contributed by atoms with Crippen LogP contribution in [0.15, 0.2) is 27.8 Å². The number of hydrogen-bond donors (Lipinski definition) is 3. The van der Waals surface area contributed by atoms with Crippen molar-refractivity contribution in [2.45, 2.75) is 6.54 Å². The van der Waals surface area contributed by atoms with Gasteiger partial charge in [0.2, 0.25) is 5.95 Å². The van der Waals surface area contributed by atoms with Crippen molar-refractivity contribution in [2.24, 2.45) is 0 Å². The SMILES string of the molecule is Nc1nc2c([nH]c(=O)n2Cc2cc(Cl)cc(Cl)c2)c(=O)[nH]1. The summed E-state index contributed by atoms with van der Waals surface area (Å²) >= 11 is 11.9. The molecule has 0 bridgehead atoms. The number of nitrogens with zero attached hydrogens (tertiary/aromatic N) is 2. The Morgan fingerprint density at radius 2 is 1.81 bits per heavy atom. The molecular formula is C12H9Cl2N5O2. The summed E-state index contributed by atoms with van der Waals surface area (Å²) in [5.41, 5.74) is 5.49. The second-order valence-corrected chi connectivity index (χ2v) is 5.32. The minimum atomic E-state index is -0.502. The number of hydrogen-bond acceptors (Lipinski definition) is 4. The number of aromatic amines is 2. The first-order chi connectivity index (χ1) is 9.94. The molecule has 0 spiro atoms. The van der Waals surface area contributed by atoms with E-state index in [0.29, 0.717) is 15.6 Å². The van der Waals surface area contributed by atoms with Gasteiger partial charge >= 0.3 is 5.69 Å². The largest absolute Gasteiger partial charge is 0.369 e. The molecule has 7 nitrogen and oxygen atoms in total. The van der Waals surface area contributed by atoms with Crippen LogP contribution in [0.2, 0.25) is 10.0 Å². The fraction of sp³-hybridized carbons (Fsp3) is 0.0833. The first kappa shape index (κ1) is 13.7. The van der Waals surface area contributed by atoms with Crippen molar-refractivity contribution < 1.29 is 0 Å². The molecule has 21 heavy (non-hydrogen) atoms. The zero-order valence-corrected chi connectivity index (χ0v) is 12.0. The molecule has 2 heterocycles. The number of rotatable bonds is 2. The van der Waals surface area contributed by atoms with Crippen molar-refractivity contribution in [3.05, 3.63) is 54.6 Å². The molecule has 2 aromatic heterocycles. The molecule has 1 aromatic carbocycles. The van der Waals surface area contributed by atoms with Crippen molar-refractivity contribution in [3.8, 4) is 0 Å². The molecule has 0 fully saturated rings. The average molecular weight is 326 g/mol. The Kier molecular flexibility index (Phi) is 3.23. The van der Waals surface area contributed by atoms with Gasteiger partial charge < -0.3 is 5.73 Å². The summed E-state index contributed by atoms with van der Waals surface area (Å²) in [5, 5.41) is 0.909. The lowest BCUT2D eigenvalue weighted by atomic mass is 10.2. The van der Waals surface area contributed by atoms with Gasteiger partial charge in [0.05, 0.1) is 6.54 Å². The molecule has 0 saturated heterocycles. The van der Waals surface area contributed by atoms with Crippen LogP contribution in [0.25, 0.3) is 11.2 Å². The van der Waals surface area contributed by atoms with Gasteiger partial charge in [-0.2, -0.15) is 4.98 Å². The monoisotopic (exact) mass is 325 g/mol. The van der Waals surface area contributed by atoms with E-state index in [4.69, 9.17) is 28.9 Å². The Balaban J connectivity index is 2.18. The minimum Gasteiger partial charge on any atom is -0.369 e. The highest BCUT2D eigenvalue weighted by molar-refractivity contribution is 6.34. The van der Waals surface area contributed by atoms with Crippen LogP contribution in [0, 0.1) is 0 Å². The Hall–Kier alpha value is -2.25. The van der Waals surface area contributed by atoms with Gasteiger partial charge in [-0.25, -0.2) is 4.79 Å². The van der Waals surface area contributed by atoms with Gasteiger partial charge in [-0.3, -0.25) is 19.3 Å². The van der Waals surface area contributed by atoms with E-state index in [1.54, 1.807) is 18.2 Å². The molecule has 3 rings (SSSR count). The number of fused-ring (bicyclic) bond motifs is 1. The van der Waals surface area contributed by atoms with E-state index in [1.165, 1.54) is 4.57 Å². The highest BCUT2D eigenvalue weighted by Crippen LogP contribution is 2.20. The van der Waals surface area contributed by atoms with Crippen LogP contribution in [0.4, 0.5) is 5.95 Å². The fourth-order valence-corrected chi connectivity index (χ4v) is 2.66. The van der Waals surface area contributed by atoms with Gasteiger partial charge in [0.25, 0.3) is 5.56 Å². The summed E-state index contributed by atoms with van der Waals surface area (Å²) in [6.45, 7) is 0.162. The Bertz CT molecular complexity index is 936. The number of H-pyrrole nitrogens is 2. The zero-order chi connectivity index (χ0) is 15.1. The van der Waals surface area contributed by atoms with Crippen LogP contribution in [0.3, 0.4) is 0 Å². The van der Waals surface area contributed by atoms with Crippen LogP contribution in [0.1, 0.15) is 5.56 Å². The van der Waals surface area contributed by atoms with Crippen molar-refractivity contribution >= 4 is 40.3 Å². The maximum absolute atomic E-state index is 12.0. The Morgan fingerprint density at radius 1 is 1.14 bits per heavy atom. The van der Waals surface area contributed by atoms with Gasteiger partial charge in [0.15, 0.2) is 11.2 Å². The number of nitrogens with one attached hydrogen (secondary N) is 2. The lowest BCUT2D eigenvalue weighted by molar-refractivity contribution is 0.778. The second kappa shape index (κ2) is 4.94. The molecule has 9 heteroatoms. The summed E-state index contributed by atoms with van der Waals surface area (Å²) in [6, 6.07) is 4.94. The molecule has 0 aliphatic heterocycles. The predicted octanol–water partition coefficient (Wildman–Crippen LogP) is 1.35. The molecule has 0 aliphatic carbocycles. The third-order valence-corrected chi connectivity index (χ3v) is 3.35. The molecule has 4 N–H and O–H groups in total. The Labute approximate surface area is 127 Å². The van der Waals surface area contributed by atoms with Gasteiger partial charge in [0.1, 0.15) is 0 Å². The van der Waals surface area contributed by atoms with Crippen LogP contribution in [-0.2, 0) is 6.54 Å². The highest BCUT2D eigenvalue weighted by Gasteiger charge is 2.13. The molecule has 0 unspecified atom stereocenters. The third-order valence-electron chi connectivity index (χ3n) is 2.91. The topological polar surface area (TPSA) is 110 Å². The molecule has 0 saturated carbocycles. The summed E-state index contributed by atoms with van der Waals surface area (Å²) in [6.07, 6.45) is 0. The smallest absolute Gasteiger partial charge is 0.328 e. The third kappa shape index (κ3) is 2.53. The average Bonchev–Trinajstić information content (AvgIpc) is 2.66. The number of benzene rings is 1. The van der Waals surface area contributed by atoms with E-state index in [9.17, 15) is 9.59 Å².